The first-order chi connectivity index (χ1) is 14.5. The quantitative estimate of drug-likeness (QED) is 0.326. The monoisotopic (exact) mass is 514 g/mol. The van der Waals surface area contributed by atoms with Gasteiger partial charge in [-0.3, -0.25) is 9.79 Å². The molecule has 0 fully saturated rings. The van der Waals surface area contributed by atoms with Gasteiger partial charge in [-0.15, -0.1) is 0 Å². The van der Waals surface area contributed by atoms with Crippen molar-refractivity contribution < 1.29 is 14.3 Å². The molecule has 0 bridgehead atoms. The third-order valence-corrected chi connectivity index (χ3v) is 5.39. The van der Waals surface area contributed by atoms with E-state index in [0.29, 0.717) is 11.5 Å². The lowest BCUT2D eigenvalue weighted by atomic mass is 10.1. The van der Waals surface area contributed by atoms with Gasteiger partial charge in [-0.05, 0) is 83.5 Å². The van der Waals surface area contributed by atoms with E-state index >= 15 is 0 Å². The Morgan fingerprint density at radius 1 is 1.10 bits per heavy atom. The molecule has 1 amide bonds. The van der Waals surface area contributed by atoms with Crippen LogP contribution in [-0.2, 0) is 4.79 Å². The summed E-state index contributed by atoms with van der Waals surface area (Å²) in [6, 6.07) is 19.1. The number of halogens is 1. The van der Waals surface area contributed by atoms with Crippen molar-refractivity contribution in [3.05, 3.63) is 80.9 Å². The van der Waals surface area contributed by atoms with Crippen LogP contribution < -0.4 is 14.8 Å². The highest BCUT2D eigenvalue weighted by Gasteiger charge is 2.13. The molecule has 0 atom stereocenters. The summed E-state index contributed by atoms with van der Waals surface area (Å²) in [6.45, 7) is 4.02. The molecule has 0 heterocycles. The van der Waals surface area contributed by atoms with E-state index in [2.05, 4.69) is 52.8 Å². The van der Waals surface area contributed by atoms with Gasteiger partial charge in [-0.1, -0.05) is 30.3 Å². The number of amides is 1. The molecule has 1 N–H and O–H groups in total. The number of hydrogen-bond donors (Lipinski definition) is 1. The maximum absolute atomic E-state index is 12.2. The van der Waals surface area contributed by atoms with E-state index in [1.807, 2.05) is 54.6 Å². The fraction of sp³-hybridized carbons (Fsp3) is 0.167. The number of anilines is 1. The van der Waals surface area contributed by atoms with E-state index in [4.69, 9.17) is 9.47 Å². The number of aryl methyl sites for hydroxylation is 1. The maximum Gasteiger partial charge on any atom is 0.262 e. The molecule has 0 radical (unpaired) electrons. The second kappa shape index (κ2) is 10.2. The summed E-state index contributed by atoms with van der Waals surface area (Å²) in [6.07, 6.45) is 1.80. The molecule has 0 saturated carbocycles. The second-order valence-corrected chi connectivity index (χ2v) is 7.88. The van der Waals surface area contributed by atoms with E-state index in [-0.39, 0.29) is 12.5 Å². The number of para-hydroxylation sites is 1. The Labute approximate surface area is 190 Å². The summed E-state index contributed by atoms with van der Waals surface area (Å²) >= 11 is 2.17. The van der Waals surface area contributed by atoms with Gasteiger partial charge in [0.25, 0.3) is 5.91 Å². The Kier molecular flexibility index (Phi) is 7.46. The van der Waals surface area contributed by atoms with Crippen molar-refractivity contribution in [2.24, 2.45) is 4.99 Å². The smallest absolute Gasteiger partial charge is 0.262 e. The molecule has 0 saturated heterocycles. The Morgan fingerprint density at radius 3 is 2.60 bits per heavy atom. The zero-order valence-electron chi connectivity index (χ0n) is 17.1. The molecule has 0 unspecified atom stereocenters. The minimum atomic E-state index is -0.236. The molecule has 3 aromatic rings. The first kappa shape index (κ1) is 21.8. The average molecular weight is 514 g/mol. The van der Waals surface area contributed by atoms with Crippen molar-refractivity contribution in [1.29, 1.82) is 0 Å². The topological polar surface area (TPSA) is 59.9 Å². The molecule has 0 aliphatic rings. The lowest BCUT2D eigenvalue weighted by Crippen LogP contribution is -2.20. The molecule has 6 heteroatoms. The van der Waals surface area contributed by atoms with Crippen LogP contribution in [0.4, 0.5) is 11.4 Å². The summed E-state index contributed by atoms with van der Waals surface area (Å²) in [5.41, 5.74) is 4.90. The van der Waals surface area contributed by atoms with Gasteiger partial charge in [-0.25, -0.2) is 0 Å². The average Bonchev–Trinajstić information content (AvgIpc) is 2.74. The maximum atomic E-state index is 12.2. The fourth-order valence-electron chi connectivity index (χ4n) is 2.83. The Hall–Kier alpha value is -2.87. The number of nitrogens with zero attached hydrogens (tertiary/aromatic N) is 1. The standard InChI is InChI=1S/C24H23IN2O3/c1-16-8-7-11-21(17(16)2)26-14-18-12-20(25)24(22(13-18)29-3)30-15-23(28)27-19-9-5-4-6-10-19/h4-14H,15H2,1-3H3,(H,27,28). The van der Waals surface area contributed by atoms with E-state index in [0.717, 1.165) is 26.1 Å². The van der Waals surface area contributed by atoms with Crippen LogP contribution in [0, 0.1) is 17.4 Å². The highest BCUT2D eigenvalue weighted by atomic mass is 127. The molecule has 5 nitrogen and oxygen atoms in total. The highest BCUT2D eigenvalue weighted by Crippen LogP contribution is 2.34. The van der Waals surface area contributed by atoms with Crippen LogP contribution in [0.3, 0.4) is 0 Å². The van der Waals surface area contributed by atoms with Gasteiger partial charge in [-0.2, -0.15) is 0 Å². The Balaban J connectivity index is 1.73. The summed E-state index contributed by atoms with van der Waals surface area (Å²) in [4.78, 5) is 16.8. The zero-order valence-corrected chi connectivity index (χ0v) is 19.3. The summed E-state index contributed by atoms with van der Waals surface area (Å²) in [5.74, 6) is 0.849. The predicted molar refractivity (Wildman–Crippen MR) is 129 cm³/mol. The van der Waals surface area contributed by atoms with Crippen molar-refractivity contribution in [2.45, 2.75) is 13.8 Å². The van der Waals surface area contributed by atoms with Crippen LogP contribution >= 0.6 is 22.6 Å². The molecule has 30 heavy (non-hydrogen) atoms. The van der Waals surface area contributed by atoms with Crippen LogP contribution in [0.25, 0.3) is 0 Å². The van der Waals surface area contributed by atoms with Crippen LogP contribution in [0.15, 0.2) is 65.7 Å². The predicted octanol–water partition coefficient (Wildman–Crippen LogP) is 5.68. The molecule has 0 aromatic heterocycles. The van der Waals surface area contributed by atoms with E-state index in [9.17, 15) is 4.79 Å². The number of carbonyl (C=O) groups is 1. The first-order valence-electron chi connectivity index (χ1n) is 9.43. The van der Waals surface area contributed by atoms with E-state index in [1.165, 1.54) is 5.56 Å². The van der Waals surface area contributed by atoms with Gasteiger partial charge in [0.05, 0.1) is 16.4 Å². The van der Waals surface area contributed by atoms with Gasteiger partial charge >= 0.3 is 0 Å². The summed E-state index contributed by atoms with van der Waals surface area (Å²) < 4.78 is 12.1. The first-order valence-corrected chi connectivity index (χ1v) is 10.5. The van der Waals surface area contributed by atoms with Crippen molar-refractivity contribution in [2.75, 3.05) is 19.0 Å². The van der Waals surface area contributed by atoms with E-state index in [1.54, 1.807) is 13.3 Å². The van der Waals surface area contributed by atoms with Crippen LogP contribution in [0.5, 0.6) is 11.5 Å². The number of nitrogens with one attached hydrogen (secondary N) is 1. The van der Waals surface area contributed by atoms with Gasteiger partial charge in [0.2, 0.25) is 0 Å². The third kappa shape index (κ3) is 5.60. The molecule has 3 aromatic carbocycles. The van der Waals surface area contributed by atoms with Crippen LogP contribution in [0.1, 0.15) is 16.7 Å². The molecule has 154 valence electrons. The lowest BCUT2D eigenvalue weighted by molar-refractivity contribution is -0.118. The number of rotatable bonds is 7. The minimum absolute atomic E-state index is 0.114. The second-order valence-electron chi connectivity index (χ2n) is 6.71. The van der Waals surface area contributed by atoms with Crippen LogP contribution in [-0.4, -0.2) is 25.8 Å². The van der Waals surface area contributed by atoms with E-state index < -0.39 is 0 Å². The van der Waals surface area contributed by atoms with Crippen molar-refractivity contribution in [3.63, 3.8) is 0 Å². The summed E-state index contributed by atoms with van der Waals surface area (Å²) in [5, 5.41) is 2.80. The largest absolute Gasteiger partial charge is 0.493 e. The number of benzene rings is 3. The summed E-state index contributed by atoms with van der Waals surface area (Å²) in [7, 11) is 1.58. The van der Waals surface area contributed by atoms with Crippen LogP contribution in [0.2, 0.25) is 0 Å². The zero-order chi connectivity index (χ0) is 21.5. The van der Waals surface area contributed by atoms with Gasteiger partial charge in [0, 0.05) is 11.9 Å². The number of methoxy groups -OCH3 is 1. The van der Waals surface area contributed by atoms with Crippen molar-refractivity contribution >= 4 is 46.1 Å². The molecule has 0 spiro atoms. The fourth-order valence-corrected chi connectivity index (χ4v) is 3.61. The Bertz CT molecular complexity index is 1070. The number of carbonyl (C=O) groups excluding carboxylic acids is 1. The molecular weight excluding hydrogens is 491 g/mol. The normalized spacial score (nSPS) is 10.8. The third-order valence-electron chi connectivity index (χ3n) is 4.59. The highest BCUT2D eigenvalue weighted by molar-refractivity contribution is 14.1. The minimum Gasteiger partial charge on any atom is -0.493 e. The van der Waals surface area contributed by atoms with Gasteiger partial charge in [0.15, 0.2) is 18.1 Å². The molecule has 3 rings (SSSR count). The number of hydrogen-bond acceptors (Lipinski definition) is 4. The Morgan fingerprint density at radius 2 is 1.87 bits per heavy atom. The molecule has 0 aliphatic heterocycles. The lowest BCUT2D eigenvalue weighted by Gasteiger charge is -2.13. The van der Waals surface area contributed by atoms with Crippen molar-refractivity contribution in [1.82, 2.24) is 0 Å². The number of aliphatic imine (C=N–C) groups is 1. The van der Waals surface area contributed by atoms with Gasteiger partial charge in [0.1, 0.15) is 0 Å². The van der Waals surface area contributed by atoms with Gasteiger partial charge < -0.3 is 14.8 Å². The molecular formula is C24H23IN2O3. The van der Waals surface area contributed by atoms with Crippen molar-refractivity contribution in [3.8, 4) is 11.5 Å². The molecule has 0 aliphatic carbocycles. The SMILES string of the molecule is COc1cc(C=Nc2cccc(C)c2C)cc(I)c1OCC(=O)Nc1ccccc1. The number of ether oxygens (including phenoxy) is 2.